The molecule has 34 heavy (non-hydrogen) atoms. The van der Waals surface area contributed by atoms with E-state index >= 15 is 0 Å². The van der Waals surface area contributed by atoms with Gasteiger partial charge in [0, 0.05) is 36.1 Å². The van der Waals surface area contributed by atoms with Gasteiger partial charge in [0.05, 0.1) is 29.1 Å². The molecule has 0 aliphatic carbocycles. The highest BCUT2D eigenvalue weighted by Crippen LogP contribution is 2.32. The Morgan fingerprint density at radius 2 is 1.71 bits per heavy atom. The molecule has 1 amide bonds. The minimum absolute atomic E-state index is 0.0495. The molecule has 3 aromatic carbocycles. The summed E-state index contributed by atoms with van der Waals surface area (Å²) in [5.74, 6) is -0.536. The van der Waals surface area contributed by atoms with E-state index in [2.05, 4.69) is 4.98 Å². The smallest absolute Gasteiger partial charge is 0.338 e. The number of aromatic hydroxyl groups is 1. The van der Waals surface area contributed by atoms with Gasteiger partial charge in [0.15, 0.2) is 5.88 Å². The van der Waals surface area contributed by atoms with Gasteiger partial charge in [-0.15, -0.1) is 0 Å². The molecule has 0 saturated heterocycles. The van der Waals surface area contributed by atoms with Gasteiger partial charge in [0.1, 0.15) is 0 Å². The molecular weight excluding hydrogens is 430 g/mol. The van der Waals surface area contributed by atoms with Crippen LogP contribution in [0.5, 0.6) is 5.88 Å². The number of carbonyl (C=O) groups is 2. The molecule has 0 saturated carbocycles. The maximum absolute atomic E-state index is 12.1. The van der Waals surface area contributed by atoms with Crippen LogP contribution in [0.25, 0.3) is 10.9 Å². The first-order valence-corrected chi connectivity index (χ1v) is 10.9. The fourth-order valence-electron chi connectivity index (χ4n) is 3.69. The fraction of sp³-hybridized carbons (Fsp3) is 0.148. The summed E-state index contributed by atoms with van der Waals surface area (Å²) in [6, 6.07) is 21.9. The van der Waals surface area contributed by atoms with Crippen molar-refractivity contribution in [3.05, 3.63) is 89.5 Å². The number of aliphatic imine (C=N–C) groups is 1. The minimum atomic E-state index is -0.424. The number of nitrogens with zero attached hydrogens (tertiary/aromatic N) is 2. The van der Waals surface area contributed by atoms with E-state index in [0.717, 1.165) is 16.6 Å². The number of esters is 1. The zero-order valence-corrected chi connectivity index (χ0v) is 19.2. The molecular formula is C27H25N3O4. The monoisotopic (exact) mass is 455 g/mol. The second-order valence-corrected chi connectivity index (χ2v) is 7.75. The highest BCUT2D eigenvalue weighted by molar-refractivity contribution is 6.22. The summed E-state index contributed by atoms with van der Waals surface area (Å²) in [4.78, 5) is 33.2. The lowest BCUT2D eigenvalue weighted by molar-refractivity contribution is -0.116. The number of H-pyrrole nitrogens is 1. The lowest BCUT2D eigenvalue weighted by atomic mass is 10.00. The normalized spacial score (nSPS) is 11.4. The van der Waals surface area contributed by atoms with Crippen molar-refractivity contribution >= 4 is 39.9 Å². The molecule has 172 valence electrons. The summed E-state index contributed by atoms with van der Waals surface area (Å²) < 4.78 is 5.09. The molecule has 0 bridgehead atoms. The van der Waals surface area contributed by atoms with E-state index in [1.807, 2.05) is 54.6 Å². The van der Waals surface area contributed by atoms with Crippen molar-refractivity contribution in [2.45, 2.75) is 13.8 Å². The molecule has 0 fully saturated rings. The average molecular weight is 456 g/mol. The topological polar surface area (TPSA) is 95.0 Å². The Labute approximate surface area is 197 Å². The molecule has 4 aromatic rings. The zero-order chi connectivity index (χ0) is 24.2. The second kappa shape index (κ2) is 9.62. The predicted octanol–water partition coefficient (Wildman–Crippen LogP) is 5.20. The zero-order valence-electron chi connectivity index (χ0n) is 19.2. The molecule has 2 N–H and O–H groups in total. The maximum atomic E-state index is 12.1. The van der Waals surface area contributed by atoms with Crippen LogP contribution in [0.3, 0.4) is 0 Å². The van der Waals surface area contributed by atoms with Crippen molar-refractivity contribution in [1.29, 1.82) is 0 Å². The summed E-state index contributed by atoms with van der Waals surface area (Å²) in [5, 5.41) is 11.6. The Bertz CT molecular complexity index is 1370. The number of aromatic nitrogens is 1. The number of aromatic amines is 1. The van der Waals surface area contributed by atoms with Gasteiger partial charge in [-0.3, -0.25) is 4.79 Å². The molecule has 7 nitrogen and oxygen atoms in total. The van der Waals surface area contributed by atoms with Crippen LogP contribution in [0, 0.1) is 0 Å². The fourth-order valence-corrected chi connectivity index (χ4v) is 3.69. The Balaban J connectivity index is 1.83. The third-order valence-corrected chi connectivity index (χ3v) is 5.52. The van der Waals surface area contributed by atoms with Crippen molar-refractivity contribution < 1.29 is 19.4 Å². The molecule has 0 aliphatic rings. The average Bonchev–Trinajstić information content (AvgIpc) is 3.17. The number of fused-ring (bicyclic) bond motifs is 1. The Morgan fingerprint density at radius 1 is 1.00 bits per heavy atom. The van der Waals surface area contributed by atoms with Gasteiger partial charge in [-0.25, -0.2) is 9.79 Å². The summed E-state index contributed by atoms with van der Waals surface area (Å²) in [5.41, 5.74) is 4.33. The number of benzene rings is 3. The third kappa shape index (κ3) is 4.54. The Kier molecular flexibility index (Phi) is 6.45. The quantitative estimate of drug-likeness (QED) is 0.309. The van der Waals surface area contributed by atoms with Crippen LogP contribution in [0.1, 0.15) is 35.3 Å². The van der Waals surface area contributed by atoms with Crippen LogP contribution < -0.4 is 4.90 Å². The summed E-state index contributed by atoms with van der Waals surface area (Å²) >= 11 is 0. The van der Waals surface area contributed by atoms with Crippen molar-refractivity contribution in [1.82, 2.24) is 4.98 Å². The highest BCUT2D eigenvalue weighted by Gasteiger charge is 2.20. The van der Waals surface area contributed by atoms with Crippen molar-refractivity contribution in [3.8, 4) is 5.88 Å². The first-order chi connectivity index (χ1) is 16.4. The number of rotatable bonds is 6. The number of hydrogen-bond acceptors (Lipinski definition) is 5. The highest BCUT2D eigenvalue weighted by atomic mass is 16.5. The van der Waals surface area contributed by atoms with Crippen molar-refractivity contribution in [2.24, 2.45) is 4.99 Å². The van der Waals surface area contributed by atoms with Crippen LogP contribution in [0.15, 0.2) is 77.8 Å². The molecule has 1 heterocycles. The second-order valence-electron chi connectivity index (χ2n) is 7.75. The van der Waals surface area contributed by atoms with Gasteiger partial charge < -0.3 is 19.7 Å². The minimum Gasteiger partial charge on any atom is -0.494 e. The van der Waals surface area contributed by atoms with Crippen molar-refractivity contribution in [2.75, 3.05) is 18.6 Å². The summed E-state index contributed by atoms with van der Waals surface area (Å²) in [7, 11) is 1.71. The summed E-state index contributed by atoms with van der Waals surface area (Å²) in [6.45, 7) is 3.54. The first-order valence-electron chi connectivity index (χ1n) is 10.9. The number of amides is 1. The molecule has 0 radical (unpaired) electrons. The van der Waals surface area contributed by atoms with E-state index in [-0.39, 0.29) is 18.4 Å². The predicted molar refractivity (Wildman–Crippen MR) is 133 cm³/mol. The van der Waals surface area contributed by atoms with Crippen LogP contribution in [-0.4, -0.2) is 41.3 Å². The molecule has 7 heteroatoms. The van der Waals surface area contributed by atoms with E-state index in [4.69, 9.17) is 9.73 Å². The number of nitrogens with one attached hydrogen (secondary N) is 1. The van der Waals surface area contributed by atoms with Crippen molar-refractivity contribution in [3.63, 3.8) is 0 Å². The first kappa shape index (κ1) is 22.8. The standard InChI is InChI=1S/C27H25N3O4/c1-4-34-27(33)19-10-15-22-23(16-19)29-26(32)24(22)25(18-8-6-5-7-9-18)28-20-11-13-21(14-12-20)30(3)17(2)31/h5-16,29,32H,4H2,1-3H3. The molecule has 0 unspecified atom stereocenters. The molecule has 0 atom stereocenters. The van der Waals surface area contributed by atoms with Crippen LogP contribution in [-0.2, 0) is 9.53 Å². The molecule has 1 aromatic heterocycles. The molecule has 0 spiro atoms. The molecule has 0 aliphatic heterocycles. The van der Waals surface area contributed by atoms with Gasteiger partial charge in [-0.2, -0.15) is 0 Å². The summed E-state index contributed by atoms with van der Waals surface area (Å²) in [6.07, 6.45) is 0. The van der Waals surface area contributed by atoms with E-state index in [1.54, 1.807) is 37.1 Å². The van der Waals surface area contributed by atoms with Gasteiger partial charge >= 0.3 is 5.97 Å². The van der Waals surface area contributed by atoms with Crippen LogP contribution in [0.2, 0.25) is 0 Å². The lowest BCUT2D eigenvalue weighted by Gasteiger charge is -2.15. The number of anilines is 1. The van der Waals surface area contributed by atoms with E-state index in [0.29, 0.717) is 28.0 Å². The van der Waals surface area contributed by atoms with E-state index < -0.39 is 5.97 Å². The largest absolute Gasteiger partial charge is 0.494 e. The van der Waals surface area contributed by atoms with Gasteiger partial charge in [-0.1, -0.05) is 36.4 Å². The van der Waals surface area contributed by atoms with Gasteiger partial charge in [0.2, 0.25) is 5.91 Å². The SMILES string of the molecule is CCOC(=O)c1ccc2c(C(=Nc3ccc(N(C)C(C)=O)cc3)c3ccccc3)c(O)[nH]c2c1. The number of ether oxygens (including phenoxy) is 1. The third-order valence-electron chi connectivity index (χ3n) is 5.52. The van der Waals surface area contributed by atoms with Crippen LogP contribution >= 0.6 is 0 Å². The van der Waals surface area contributed by atoms with E-state index in [9.17, 15) is 14.7 Å². The van der Waals surface area contributed by atoms with Gasteiger partial charge in [0.25, 0.3) is 0 Å². The lowest BCUT2D eigenvalue weighted by Crippen LogP contribution is -2.22. The van der Waals surface area contributed by atoms with E-state index in [1.165, 1.54) is 6.92 Å². The van der Waals surface area contributed by atoms with Crippen LogP contribution in [0.4, 0.5) is 11.4 Å². The Morgan fingerprint density at radius 3 is 2.35 bits per heavy atom. The maximum Gasteiger partial charge on any atom is 0.338 e. The van der Waals surface area contributed by atoms with Gasteiger partial charge in [-0.05, 0) is 43.3 Å². The molecule has 4 rings (SSSR count). The Hall–Kier alpha value is -4.39. The number of carbonyl (C=O) groups excluding carboxylic acids is 2. The number of hydrogen-bond donors (Lipinski definition) is 2.